The molecule has 2 rings (SSSR count). The van der Waals surface area contributed by atoms with E-state index in [4.69, 9.17) is 4.74 Å². The van der Waals surface area contributed by atoms with E-state index in [0.29, 0.717) is 30.4 Å². The summed E-state index contributed by atoms with van der Waals surface area (Å²) in [4.78, 5) is 8.71. The van der Waals surface area contributed by atoms with Gasteiger partial charge >= 0.3 is 0 Å². The lowest BCUT2D eigenvalue weighted by atomic mass is 9.94. The van der Waals surface area contributed by atoms with E-state index < -0.39 is 0 Å². The highest BCUT2D eigenvalue weighted by molar-refractivity contribution is 5.29. The Morgan fingerprint density at radius 2 is 2.21 bits per heavy atom. The van der Waals surface area contributed by atoms with Crippen LogP contribution in [-0.2, 0) is 0 Å². The summed E-state index contributed by atoms with van der Waals surface area (Å²) in [6.07, 6.45) is 6.53. The van der Waals surface area contributed by atoms with Crippen molar-refractivity contribution in [3.05, 3.63) is 12.3 Å². The first-order chi connectivity index (χ1) is 9.24. The largest absolute Gasteiger partial charge is 0.478 e. The van der Waals surface area contributed by atoms with E-state index in [1.165, 1.54) is 19.3 Å². The second kappa shape index (κ2) is 6.73. The van der Waals surface area contributed by atoms with Gasteiger partial charge in [0.05, 0.1) is 6.61 Å². The fraction of sp³-hybridized carbons (Fsp3) is 0.733. The summed E-state index contributed by atoms with van der Waals surface area (Å²) in [5.74, 6) is 2.88. The maximum absolute atomic E-state index is 5.54. The number of anilines is 1. The second-order valence-electron chi connectivity index (χ2n) is 5.42. The minimum absolute atomic E-state index is 0.492. The van der Waals surface area contributed by atoms with Crippen molar-refractivity contribution in [3.8, 4) is 5.88 Å². The molecule has 106 valence electrons. The van der Waals surface area contributed by atoms with Crippen LogP contribution in [0.3, 0.4) is 0 Å². The van der Waals surface area contributed by atoms with Crippen LogP contribution in [0.1, 0.15) is 46.5 Å². The molecule has 3 atom stereocenters. The fourth-order valence-electron chi connectivity index (χ4n) is 2.89. The molecule has 0 amide bonds. The SMILES string of the molecule is CCCOc1ccnc(NC2CCC(CC)C2C)n1. The first-order valence-electron chi connectivity index (χ1n) is 7.47. The zero-order valence-corrected chi connectivity index (χ0v) is 12.2. The standard InChI is InChI=1S/C15H25N3O/c1-4-10-19-14-8-9-16-15(18-14)17-13-7-6-12(5-2)11(13)3/h8-9,11-13H,4-7,10H2,1-3H3,(H,16,17,18). The monoisotopic (exact) mass is 263 g/mol. The quantitative estimate of drug-likeness (QED) is 0.853. The van der Waals surface area contributed by atoms with E-state index in [-0.39, 0.29) is 0 Å². The van der Waals surface area contributed by atoms with Crippen LogP contribution in [0.4, 0.5) is 5.95 Å². The molecule has 1 aliphatic carbocycles. The van der Waals surface area contributed by atoms with Gasteiger partial charge < -0.3 is 10.1 Å². The van der Waals surface area contributed by atoms with Crippen molar-refractivity contribution in [3.63, 3.8) is 0 Å². The van der Waals surface area contributed by atoms with Crippen molar-refractivity contribution in [2.24, 2.45) is 11.8 Å². The Morgan fingerprint density at radius 3 is 2.89 bits per heavy atom. The van der Waals surface area contributed by atoms with Gasteiger partial charge in [0.25, 0.3) is 0 Å². The molecule has 0 aromatic carbocycles. The summed E-state index contributed by atoms with van der Waals surface area (Å²) in [5.41, 5.74) is 0. The maximum Gasteiger partial charge on any atom is 0.226 e. The fourth-order valence-corrected chi connectivity index (χ4v) is 2.89. The van der Waals surface area contributed by atoms with Crippen molar-refractivity contribution in [2.45, 2.75) is 52.5 Å². The number of nitrogens with one attached hydrogen (secondary N) is 1. The van der Waals surface area contributed by atoms with Gasteiger partial charge in [0.15, 0.2) is 0 Å². The number of hydrogen-bond donors (Lipinski definition) is 1. The molecule has 0 bridgehead atoms. The molecule has 1 saturated carbocycles. The summed E-state index contributed by atoms with van der Waals surface area (Å²) in [5, 5.41) is 3.47. The highest BCUT2D eigenvalue weighted by Crippen LogP contribution is 2.35. The highest BCUT2D eigenvalue weighted by Gasteiger charge is 2.31. The lowest BCUT2D eigenvalue weighted by Crippen LogP contribution is -2.25. The van der Waals surface area contributed by atoms with Crippen molar-refractivity contribution in [2.75, 3.05) is 11.9 Å². The summed E-state index contributed by atoms with van der Waals surface area (Å²) >= 11 is 0. The molecule has 3 unspecified atom stereocenters. The molecule has 0 spiro atoms. The molecule has 1 heterocycles. The van der Waals surface area contributed by atoms with Crippen molar-refractivity contribution in [1.82, 2.24) is 9.97 Å². The molecule has 0 saturated heterocycles. The molecule has 0 radical (unpaired) electrons. The molecule has 4 heteroatoms. The minimum Gasteiger partial charge on any atom is -0.478 e. The van der Waals surface area contributed by atoms with Gasteiger partial charge in [-0.25, -0.2) is 4.98 Å². The van der Waals surface area contributed by atoms with Crippen LogP contribution >= 0.6 is 0 Å². The number of aromatic nitrogens is 2. The Bertz CT molecular complexity index is 397. The third-order valence-electron chi connectivity index (χ3n) is 4.15. The van der Waals surface area contributed by atoms with Crippen LogP contribution in [0, 0.1) is 11.8 Å². The molecular weight excluding hydrogens is 238 g/mol. The average Bonchev–Trinajstić information content (AvgIpc) is 2.78. The van der Waals surface area contributed by atoms with E-state index in [2.05, 4.69) is 36.1 Å². The maximum atomic E-state index is 5.54. The molecule has 4 nitrogen and oxygen atoms in total. The smallest absolute Gasteiger partial charge is 0.226 e. The van der Waals surface area contributed by atoms with E-state index in [1.807, 2.05) is 6.07 Å². The summed E-state index contributed by atoms with van der Waals surface area (Å²) in [6.45, 7) is 7.40. The molecule has 19 heavy (non-hydrogen) atoms. The number of ether oxygens (including phenoxy) is 1. The summed E-state index contributed by atoms with van der Waals surface area (Å²) in [7, 11) is 0. The van der Waals surface area contributed by atoms with Gasteiger partial charge in [-0.05, 0) is 31.1 Å². The van der Waals surface area contributed by atoms with Gasteiger partial charge in [-0.1, -0.05) is 27.2 Å². The molecular formula is C15H25N3O. The molecule has 1 fully saturated rings. The first kappa shape index (κ1) is 14.1. The predicted octanol–water partition coefficient (Wildman–Crippen LogP) is 3.50. The van der Waals surface area contributed by atoms with E-state index in [1.54, 1.807) is 6.20 Å². The summed E-state index contributed by atoms with van der Waals surface area (Å²) in [6, 6.07) is 2.31. The molecule has 0 aliphatic heterocycles. The minimum atomic E-state index is 0.492. The topological polar surface area (TPSA) is 47.0 Å². The zero-order chi connectivity index (χ0) is 13.7. The van der Waals surface area contributed by atoms with Crippen LogP contribution in [0.5, 0.6) is 5.88 Å². The third-order valence-corrected chi connectivity index (χ3v) is 4.15. The van der Waals surface area contributed by atoms with Gasteiger partial charge in [-0.15, -0.1) is 0 Å². The Balaban J connectivity index is 1.95. The lowest BCUT2D eigenvalue weighted by Gasteiger charge is -2.21. The Labute approximate surface area is 116 Å². The van der Waals surface area contributed by atoms with Crippen molar-refractivity contribution in [1.29, 1.82) is 0 Å². The van der Waals surface area contributed by atoms with E-state index >= 15 is 0 Å². The number of hydrogen-bond acceptors (Lipinski definition) is 4. The third kappa shape index (κ3) is 3.58. The summed E-state index contributed by atoms with van der Waals surface area (Å²) < 4.78 is 5.54. The lowest BCUT2D eigenvalue weighted by molar-refractivity contribution is 0.305. The van der Waals surface area contributed by atoms with Gasteiger partial charge in [0.1, 0.15) is 0 Å². The van der Waals surface area contributed by atoms with Gasteiger partial charge in [-0.2, -0.15) is 4.98 Å². The Morgan fingerprint density at radius 1 is 1.37 bits per heavy atom. The van der Waals surface area contributed by atoms with E-state index in [9.17, 15) is 0 Å². The molecule has 1 N–H and O–H groups in total. The van der Waals surface area contributed by atoms with Crippen LogP contribution in [-0.4, -0.2) is 22.6 Å². The van der Waals surface area contributed by atoms with Gasteiger partial charge in [0.2, 0.25) is 11.8 Å². The molecule has 1 aliphatic rings. The molecule has 1 aromatic heterocycles. The normalized spacial score (nSPS) is 26.4. The Kier molecular flexibility index (Phi) is 5.00. The highest BCUT2D eigenvalue weighted by atomic mass is 16.5. The Hall–Kier alpha value is -1.32. The van der Waals surface area contributed by atoms with Gasteiger partial charge in [-0.3, -0.25) is 0 Å². The number of nitrogens with zero attached hydrogens (tertiary/aromatic N) is 2. The zero-order valence-electron chi connectivity index (χ0n) is 12.2. The number of rotatable bonds is 6. The van der Waals surface area contributed by atoms with Crippen LogP contribution in [0.15, 0.2) is 12.3 Å². The second-order valence-corrected chi connectivity index (χ2v) is 5.42. The predicted molar refractivity (Wildman–Crippen MR) is 77.4 cm³/mol. The first-order valence-corrected chi connectivity index (χ1v) is 7.47. The van der Waals surface area contributed by atoms with Crippen LogP contribution < -0.4 is 10.1 Å². The molecule has 1 aromatic rings. The van der Waals surface area contributed by atoms with E-state index in [0.717, 1.165) is 12.3 Å². The van der Waals surface area contributed by atoms with Crippen LogP contribution in [0.2, 0.25) is 0 Å². The van der Waals surface area contributed by atoms with Crippen molar-refractivity contribution >= 4 is 5.95 Å². The van der Waals surface area contributed by atoms with Gasteiger partial charge in [0, 0.05) is 18.3 Å². The van der Waals surface area contributed by atoms with Crippen molar-refractivity contribution < 1.29 is 4.74 Å². The average molecular weight is 263 g/mol. The van der Waals surface area contributed by atoms with Crippen LogP contribution in [0.25, 0.3) is 0 Å².